The number of halogens is 9. The van der Waals surface area contributed by atoms with Crippen molar-refractivity contribution in [3.05, 3.63) is 0 Å². The van der Waals surface area contributed by atoms with Crippen LogP contribution in [-0.4, -0.2) is 35.0 Å². The molecule has 0 amide bonds. The van der Waals surface area contributed by atoms with Gasteiger partial charge in [0.25, 0.3) is 0 Å². The molecule has 0 fully saturated rings. The van der Waals surface area contributed by atoms with Crippen LogP contribution in [-0.2, 0) is 4.79 Å². The highest BCUT2D eigenvalue weighted by Gasteiger charge is 2.81. The lowest BCUT2D eigenvalue weighted by Gasteiger charge is -2.33. The summed E-state index contributed by atoms with van der Waals surface area (Å²) in [6.07, 6.45) is -11.0. The van der Waals surface area contributed by atoms with E-state index in [1.807, 2.05) is 0 Å². The first-order chi connectivity index (χ1) is 8.67. The highest BCUT2D eigenvalue weighted by molar-refractivity contribution is 5.66. The van der Waals surface area contributed by atoms with Gasteiger partial charge >= 0.3 is 29.9 Å². The van der Waals surface area contributed by atoms with Crippen molar-refractivity contribution in [2.75, 3.05) is 0 Å². The molecule has 0 aliphatic heterocycles. The Hall–Kier alpha value is -1.16. The third kappa shape index (κ3) is 3.69. The number of carbonyl (C=O) groups is 1. The van der Waals surface area contributed by atoms with E-state index in [1.165, 1.54) is 0 Å². The average Bonchev–Trinajstić information content (AvgIpc) is 2.22. The summed E-state index contributed by atoms with van der Waals surface area (Å²) in [5, 5.41) is 8.13. The third-order valence-corrected chi connectivity index (χ3v) is 2.34. The lowest BCUT2D eigenvalue weighted by atomic mass is 9.98. The highest BCUT2D eigenvalue weighted by atomic mass is 19.4. The summed E-state index contributed by atoms with van der Waals surface area (Å²) in [6.45, 7) is 0. The van der Waals surface area contributed by atoms with E-state index in [0.717, 1.165) is 0 Å². The molecule has 0 atom stereocenters. The van der Waals surface area contributed by atoms with E-state index in [0.29, 0.717) is 0 Å². The summed E-state index contributed by atoms with van der Waals surface area (Å²) in [6, 6.07) is 0. The quantitative estimate of drug-likeness (QED) is 0.566. The van der Waals surface area contributed by atoms with Crippen molar-refractivity contribution in [1.29, 1.82) is 0 Å². The summed E-state index contributed by atoms with van der Waals surface area (Å²) >= 11 is 0. The molecule has 1 N–H and O–H groups in total. The van der Waals surface area contributed by atoms with Gasteiger partial charge in [-0.3, -0.25) is 4.79 Å². The number of carboxylic acids is 1. The topological polar surface area (TPSA) is 37.3 Å². The van der Waals surface area contributed by atoms with Crippen molar-refractivity contribution < 1.29 is 49.4 Å². The first-order valence-electron chi connectivity index (χ1n) is 5.09. The molecule has 20 heavy (non-hydrogen) atoms. The number of aliphatic carboxylic acids is 1. The zero-order chi connectivity index (χ0) is 16.4. The zero-order valence-corrected chi connectivity index (χ0v) is 9.59. The fourth-order valence-corrected chi connectivity index (χ4v) is 1.19. The standard InChI is InChI=1S/C9H9F9O2/c10-6(11,4-2-1-3-5(19)20)7(12,13)8(14,15)9(16,17)18/h1-4H2,(H,19,20). The molecule has 11 heteroatoms. The first-order valence-corrected chi connectivity index (χ1v) is 5.09. The SMILES string of the molecule is O=C(O)CCCCC(F)(F)C(F)(F)C(F)(F)C(F)(F)F. The lowest BCUT2D eigenvalue weighted by Crippen LogP contribution is -2.60. The maximum atomic E-state index is 12.9. The molecule has 2 nitrogen and oxygen atoms in total. The second-order valence-electron chi connectivity index (χ2n) is 3.95. The molecule has 0 saturated heterocycles. The van der Waals surface area contributed by atoms with Crippen LogP contribution in [0.1, 0.15) is 25.7 Å². The molecule has 0 aliphatic carbocycles. The number of unbranched alkanes of at least 4 members (excludes halogenated alkanes) is 1. The molecule has 0 aliphatic rings. The van der Waals surface area contributed by atoms with Crippen LogP contribution in [0, 0.1) is 0 Å². The predicted octanol–water partition coefficient (Wildman–Crippen LogP) is 4.10. The van der Waals surface area contributed by atoms with Gasteiger partial charge in [-0.15, -0.1) is 0 Å². The Morgan fingerprint density at radius 1 is 0.800 bits per heavy atom. The molecule has 0 radical (unpaired) electrons. The fourth-order valence-electron chi connectivity index (χ4n) is 1.19. The van der Waals surface area contributed by atoms with Gasteiger partial charge in [0, 0.05) is 12.8 Å². The van der Waals surface area contributed by atoms with Crippen LogP contribution < -0.4 is 0 Å². The van der Waals surface area contributed by atoms with Crippen LogP contribution in [0.15, 0.2) is 0 Å². The van der Waals surface area contributed by atoms with E-state index in [4.69, 9.17) is 5.11 Å². The molecule has 0 aromatic rings. The van der Waals surface area contributed by atoms with E-state index < -0.39 is 55.6 Å². The van der Waals surface area contributed by atoms with Crippen LogP contribution >= 0.6 is 0 Å². The fraction of sp³-hybridized carbons (Fsp3) is 0.889. The maximum Gasteiger partial charge on any atom is 0.460 e. The largest absolute Gasteiger partial charge is 0.481 e. The van der Waals surface area contributed by atoms with Gasteiger partial charge in [0.2, 0.25) is 0 Å². The van der Waals surface area contributed by atoms with Crippen LogP contribution in [0.2, 0.25) is 0 Å². The zero-order valence-electron chi connectivity index (χ0n) is 9.59. The first kappa shape index (κ1) is 18.8. The van der Waals surface area contributed by atoms with Crippen molar-refractivity contribution in [3.8, 4) is 0 Å². The minimum absolute atomic E-state index is 0.557. The second kappa shape index (κ2) is 5.68. The van der Waals surface area contributed by atoms with Crippen LogP contribution in [0.4, 0.5) is 39.5 Å². The van der Waals surface area contributed by atoms with Crippen molar-refractivity contribution in [3.63, 3.8) is 0 Å². The van der Waals surface area contributed by atoms with Crippen molar-refractivity contribution in [2.45, 2.75) is 49.6 Å². The highest BCUT2D eigenvalue weighted by Crippen LogP contribution is 2.54. The van der Waals surface area contributed by atoms with Gasteiger partial charge in [-0.2, -0.15) is 39.5 Å². The second-order valence-corrected chi connectivity index (χ2v) is 3.95. The van der Waals surface area contributed by atoms with E-state index in [1.54, 1.807) is 0 Å². The monoisotopic (exact) mass is 320 g/mol. The minimum Gasteiger partial charge on any atom is -0.481 e. The Labute approximate surface area is 106 Å². The molecule has 0 rings (SSSR count). The van der Waals surface area contributed by atoms with Crippen molar-refractivity contribution >= 4 is 5.97 Å². The van der Waals surface area contributed by atoms with Gasteiger partial charge in [-0.1, -0.05) is 0 Å². The van der Waals surface area contributed by atoms with Crippen molar-refractivity contribution in [1.82, 2.24) is 0 Å². The Morgan fingerprint density at radius 3 is 1.60 bits per heavy atom. The van der Waals surface area contributed by atoms with Gasteiger partial charge in [-0.25, -0.2) is 0 Å². The number of hydrogen-bond acceptors (Lipinski definition) is 1. The predicted molar refractivity (Wildman–Crippen MR) is 47.0 cm³/mol. The van der Waals surface area contributed by atoms with Gasteiger partial charge < -0.3 is 5.11 Å². The summed E-state index contributed by atoms with van der Waals surface area (Å²) in [5.74, 6) is -20.6. The Balaban J connectivity index is 4.93. The molecule has 0 unspecified atom stereocenters. The molecule has 0 bridgehead atoms. The normalized spacial score (nSPS) is 14.4. The molecule has 0 saturated carbocycles. The number of alkyl halides is 9. The van der Waals surface area contributed by atoms with Gasteiger partial charge in [-0.05, 0) is 12.8 Å². The molecule has 0 heterocycles. The molecular formula is C9H9F9O2. The molecule has 0 aromatic carbocycles. The maximum absolute atomic E-state index is 12.9. The van der Waals surface area contributed by atoms with E-state index in [2.05, 4.69) is 0 Å². The van der Waals surface area contributed by atoms with Crippen LogP contribution in [0.25, 0.3) is 0 Å². The van der Waals surface area contributed by atoms with E-state index in [-0.39, 0.29) is 0 Å². The van der Waals surface area contributed by atoms with Gasteiger partial charge in [0.05, 0.1) is 0 Å². The van der Waals surface area contributed by atoms with Gasteiger partial charge in [0.1, 0.15) is 0 Å². The van der Waals surface area contributed by atoms with Crippen LogP contribution in [0.5, 0.6) is 0 Å². The van der Waals surface area contributed by atoms with E-state index in [9.17, 15) is 44.3 Å². The molecular weight excluding hydrogens is 311 g/mol. The number of rotatable bonds is 7. The summed E-state index contributed by atoms with van der Waals surface area (Å²) in [7, 11) is 0. The lowest BCUT2D eigenvalue weighted by molar-refractivity contribution is -0.396. The van der Waals surface area contributed by atoms with E-state index >= 15 is 0 Å². The minimum atomic E-state index is -6.89. The molecule has 0 spiro atoms. The molecule has 0 aromatic heterocycles. The van der Waals surface area contributed by atoms with Crippen LogP contribution in [0.3, 0.4) is 0 Å². The Morgan fingerprint density at radius 2 is 1.25 bits per heavy atom. The third-order valence-electron chi connectivity index (χ3n) is 2.34. The smallest absolute Gasteiger partial charge is 0.460 e. The average molecular weight is 320 g/mol. The summed E-state index contributed by atoms with van der Waals surface area (Å²) < 4.78 is 111. The number of carboxylic acid groups (broad SMARTS) is 1. The Bertz CT molecular complexity index is 348. The summed E-state index contributed by atoms with van der Waals surface area (Å²) in [4.78, 5) is 10.0. The van der Waals surface area contributed by atoms with Crippen molar-refractivity contribution in [2.24, 2.45) is 0 Å². The molecule has 120 valence electrons. The van der Waals surface area contributed by atoms with Gasteiger partial charge in [0.15, 0.2) is 0 Å². The number of hydrogen-bond donors (Lipinski definition) is 1. The Kier molecular flexibility index (Phi) is 5.35. The summed E-state index contributed by atoms with van der Waals surface area (Å²) in [5.41, 5.74) is 0.